The minimum atomic E-state index is -0.575. The van der Waals surface area contributed by atoms with Crippen LogP contribution in [0.1, 0.15) is 38.5 Å². The van der Waals surface area contributed by atoms with Crippen molar-refractivity contribution in [2.75, 3.05) is 26.9 Å². The second-order valence-corrected chi connectivity index (χ2v) is 6.81. The van der Waals surface area contributed by atoms with Crippen molar-refractivity contribution in [1.29, 1.82) is 0 Å². The number of hydrogen-bond donors (Lipinski definition) is 4. The highest BCUT2D eigenvalue weighted by Crippen LogP contribution is 2.18. The van der Waals surface area contributed by atoms with E-state index in [9.17, 15) is 14.7 Å². The molecule has 3 amide bonds. The topological polar surface area (TPSA) is 109 Å². The number of ether oxygens (including phenoxy) is 2. The first-order valence-electron chi connectivity index (χ1n) is 9.39. The monoisotopic (exact) mass is 369 g/mol. The van der Waals surface area contributed by atoms with Gasteiger partial charge in [-0.25, -0.2) is 4.79 Å². The number of urea groups is 1. The molecule has 1 saturated carbocycles. The fourth-order valence-corrected chi connectivity index (χ4v) is 3.31. The van der Waals surface area contributed by atoms with Crippen molar-refractivity contribution < 1.29 is 24.2 Å². The van der Waals surface area contributed by atoms with Crippen molar-refractivity contribution in [2.45, 2.75) is 62.8 Å². The minimum absolute atomic E-state index is 0.144. The molecule has 148 valence electrons. The molecule has 0 aromatic carbocycles. The van der Waals surface area contributed by atoms with Gasteiger partial charge < -0.3 is 30.5 Å². The Morgan fingerprint density at radius 3 is 2.65 bits per heavy atom. The molecule has 2 aliphatic rings. The summed E-state index contributed by atoms with van der Waals surface area (Å²) in [7, 11) is 1.57. The zero-order valence-corrected chi connectivity index (χ0v) is 15.4. The van der Waals surface area contributed by atoms with Gasteiger partial charge in [-0.1, -0.05) is 31.4 Å². The normalized spacial score (nSPS) is 26.3. The largest absolute Gasteiger partial charge is 0.394 e. The first-order valence-corrected chi connectivity index (χ1v) is 9.39. The van der Waals surface area contributed by atoms with Crippen molar-refractivity contribution in [3.05, 3.63) is 12.2 Å². The van der Waals surface area contributed by atoms with Gasteiger partial charge in [0.15, 0.2) is 0 Å². The zero-order valence-electron chi connectivity index (χ0n) is 15.4. The lowest BCUT2D eigenvalue weighted by atomic mass is 9.96. The van der Waals surface area contributed by atoms with Crippen molar-refractivity contribution in [3.8, 4) is 0 Å². The van der Waals surface area contributed by atoms with Crippen molar-refractivity contribution in [1.82, 2.24) is 16.0 Å². The Hall–Kier alpha value is -1.64. The second-order valence-electron chi connectivity index (χ2n) is 6.81. The lowest BCUT2D eigenvalue weighted by Gasteiger charge is -2.32. The van der Waals surface area contributed by atoms with Crippen molar-refractivity contribution in [2.24, 2.45) is 0 Å². The summed E-state index contributed by atoms with van der Waals surface area (Å²) in [5.74, 6) is -0.144. The molecule has 26 heavy (non-hydrogen) atoms. The minimum Gasteiger partial charge on any atom is -0.394 e. The number of carbonyl (C=O) groups is 2. The Morgan fingerprint density at radius 1 is 1.19 bits per heavy atom. The molecule has 2 rings (SSSR count). The first-order chi connectivity index (χ1) is 12.6. The zero-order chi connectivity index (χ0) is 18.8. The van der Waals surface area contributed by atoms with E-state index < -0.39 is 18.2 Å². The van der Waals surface area contributed by atoms with Gasteiger partial charge in [0.1, 0.15) is 6.10 Å². The number of amides is 3. The van der Waals surface area contributed by atoms with Crippen LogP contribution in [0.5, 0.6) is 0 Å². The molecule has 0 radical (unpaired) electrons. The summed E-state index contributed by atoms with van der Waals surface area (Å²) in [5, 5.41) is 18.1. The van der Waals surface area contributed by atoms with E-state index in [1.54, 1.807) is 19.3 Å². The van der Waals surface area contributed by atoms with Gasteiger partial charge in [0.25, 0.3) is 0 Å². The Labute approximate surface area is 154 Å². The van der Waals surface area contributed by atoms with E-state index in [2.05, 4.69) is 16.0 Å². The molecule has 4 N–H and O–H groups in total. The van der Waals surface area contributed by atoms with Crippen LogP contribution in [0.15, 0.2) is 12.2 Å². The second kappa shape index (κ2) is 11.2. The molecular weight excluding hydrogens is 338 g/mol. The summed E-state index contributed by atoms with van der Waals surface area (Å²) in [6.07, 6.45) is 8.25. The summed E-state index contributed by atoms with van der Waals surface area (Å²) in [4.78, 5) is 24.0. The first kappa shape index (κ1) is 20.7. The van der Waals surface area contributed by atoms with Crippen LogP contribution in [0.25, 0.3) is 0 Å². The van der Waals surface area contributed by atoms with Gasteiger partial charge in [-0.15, -0.1) is 0 Å². The molecule has 0 aromatic rings. The van der Waals surface area contributed by atoms with Gasteiger partial charge >= 0.3 is 6.03 Å². The van der Waals surface area contributed by atoms with Gasteiger partial charge in [0, 0.05) is 19.7 Å². The highest BCUT2D eigenvalue weighted by atomic mass is 16.5. The summed E-state index contributed by atoms with van der Waals surface area (Å²) in [6, 6.07) is -0.450. The Bertz CT molecular complexity index is 479. The molecule has 0 saturated heterocycles. The van der Waals surface area contributed by atoms with Crippen LogP contribution >= 0.6 is 0 Å². The van der Waals surface area contributed by atoms with Gasteiger partial charge in [0.05, 0.1) is 31.8 Å². The molecular formula is C18H31N3O5. The number of methoxy groups -OCH3 is 1. The highest BCUT2D eigenvalue weighted by molar-refractivity contribution is 5.77. The smallest absolute Gasteiger partial charge is 0.315 e. The van der Waals surface area contributed by atoms with E-state index in [-0.39, 0.29) is 31.0 Å². The van der Waals surface area contributed by atoms with E-state index >= 15 is 0 Å². The van der Waals surface area contributed by atoms with Crippen LogP contribution in [-0.4, -0.2) is 68.2 Å². The molecule has 1 heterocycles. The number of carbonyl (C=O) groups excluding carboxylic acids is 2. The predicted molar refractivity (Wildman–Crippen MR) is 96.7 cm³/mol. The van der Waals surface area contributed by atoms with Gasteiger partial charge in [-0.3, -0.25) is 4.79 Å². The number of aliphatic hydroxyl groups excluding tert-OH is 1. The Morgan fingerprint density at radius 2 is 1.96 bits per heavy atom. The van der Waals surface area contributed by atoms with E-state index in [1.807, 2.05) is 0 Å². The molecule has 0 aromatic heterocycles. The quantitative estimate of drug-likeness (QED) is 0.367. The van der Waals surface area contributed by atoms with Crippen LogP contribution in [0.3, 0.4) is 0 Å². The maximum absolute atomic E-state index is 12.2. The highest BCUT2D eigenvalue weighted by Gasteiger charge is 2.29. The molecule has 0 bridgehead atoms. The molecule has 1 aliphatic heterocycles. The third kappa shape index (κ3) is 6.93. The van der Waals surface area contributed by atoms with Gasteiger partial charge in [-0.2, -0.15) is 0 Å². The van der Waals surface area contributed by atoms with Crippen LogP contribution in [0, 0.1) is 0 Å². The number of nitrogens with one attached hydrogen (secondary N) is 3. The maximum Gasteiger partial charge on any atom is 0.315 e. The van der Waals surface area contributed by atoms with Gasteiger partial charge in [0.2, 0.25) is 5.91 Å². The number of aliphatic hydroxyl groups is 1. The average Bonchev–Trinajstić information content (AvgIpc) is 2.64. The lowest BCUT2D eigenvalue weighted by molar-refractivity contribution is -0.125. The Kier molecular flexibility index (Phi) is 8.87. The van der Waals surface area contributed by atoms with Crippen molar-refractivity contribution in [3.63, 3.8) is 0 Å². The average molecular weight is 369 g/mol. The lowest BCUT2D eigenvalue weighted by Crippen LogP contribution is -2.53. The standard InChI is InChI=1S/C18H31N3O5/c1-25-10-9-19-17(23)11-14-7-8-15(16(12-22)26-14)21-18(24)20-13-5-3-2-4-6-13/h7-8,13-16,22H,2-6,9-12H2,1H3,(H,19,23)(H2,20,21,24)/t14-,15+,16-/m0/s1. The molecule has 8 nitrogen and oxygen atoms in total. The van der Waals surface area contributed by atoms with E-state index in [4.69, 9.17) is 9.47 Å². The number of rotatable bonds is 8. The summed E-state index contributed by atoms with van der Waals surface area (Å²) in [6.45, 7) is 0.662. The van der Waals surface area contributed by atoms with Crippen LogP contribution in [-0.2, 0) is 14.3 Å². The molecule has 8 heteroatoms. The van der Waals surface area contributed by atoms with Crippen LogP contribution in [0.4, 0.5) is 4.79 Å². The summed E-state index contributed by atoms with van der Waals surface area (Å²) >= 11 is 0. The summed E-state index contributed by atoms with van der Waals surface area (Å²) in [5.41, 5.74) is 0. The third-order valence-electron chi connectivity index (χ3n) is 4.72. The Balaban J connectivity index is 1.78. The van der Waals surface area contributed by atoms with E-state index in [0.717, 1.165) is 25.7 Å². The van der Waals surface area contributed by atoms with E-state index in [0.29, 0.717) is 13.2 Å². The SMILES string of the molecule is COCCNC(=O)C[C@@H]1C=C[C@@H](NC(=O)NC2CCCCC2)[C@H](CO)O1. The number of hydrogen-bond acceptors (Lipinski definition) is 5. The van der Waals surface area contributed by atoms with Crippen molar-refractivity contribution >= 4 is 11.9 Å². The maximum atomic E-state index is 12.2. The van der Waals surface area contributed by atoms with Gasteiger partial charge in [-0.05, 0) is 12.8 Å². The van der Waals surface area contributed by atoms with Crippen LogP contribution < -0.4 is 16.0 Å². The molecule has 1 aliphatic carbocycles. The summed E-state index contributed by atoms with van der Waals surface area (Å²) < 4.78 is 10.6. The fraction of sp³-hybridized carbons (Fsp3) is 0.778. The fourth-order valence-electron chi connectivity index (χ4n) is 3.31. The third-order valence-corrected chi connectivity index (χ3v) is 4.72. The van der Waals surface area contributed by atoms with E-state index in [1.165, 1.54) is 6.42 Å². The predicted octanol–water partition coefficient (Wildman–Crippen LogP) is 0.456. The van der Waals surface area contributed by atoms with Crippen LogP contribution in [0.2, 0.25) is 0 Å². The molecule has 1 fully saturated rings. The molecule has 3 atom stereocenters. The molecule has 0 unspecified atom stereocenters. The molecule has 0 spiro atoms.